The average Bonchev–Trinajstić information content (AvgIpc) is 3.33. The van der Waals surface area contributed by atoms with Crippen molar-refractivity contribution in [3.63, 3.8) is 0 Å². The van der Waals surface area contributed by atoms with Gasteiger partial charge in [0.15, 0.2) is 5.96 Å². The zero-order valence-electron chi connectivity index (χ0n) is 19.8. The number of carbonyl (C=O) groups excluding carboxylic acids is 1. The molecule has 2 N–H and O–H groups in total. The average molecular weight is 449 g/mol. The maximum absolute atomic E-state index is 12.7. The van der Waals surface area contributed by atoms with Crippen LogP contribution < -0.4 is 20.4 Å². The van der Waals surface area contributed by atoms with E-state index in [0.717, 1.165) is 51.6 Å². The van der Waals surface area contributed by atoms with Crippen LogP contribution in [0.2, 0.25) is 0 Å². The number of para-hydroxylation sites is 1. The number of amides is 1. The fourth-order valence-corrected chi connectivity index (χ4v) is 4.55. The highest BCUT2D eigenvalue weighted by molar-refractivity contribution is 5.81. The van der Waals surface area contributed by atoms with Gasteiger partial charge in [-0.05, 0) is 37.6 Å². The van der Waals surface area contributed by atoms with Crippen molar-refractivity contribution in [3.05, 3.63) is 60.2 Å². The maximum Gasteiger partial charge on any atom is 0.224 e. The van der Waals surface area contributed by atoms with Crippen molar-refractivity contribution in [1.82, 2.24) is 15.5 Å². The quantitative estimate of drug-likeness (QED) is 0.525. The second kappa shape index (κ2) is 11.1. The predicted octanol–water partition coefficient (Wildman–Crippen LogP) is 2.48. The SMILES string of the molecule is CN=C(NCCC(=O)N1CCN(c2ccccc2)CC1)NC1CCN(c2ccc(C)cc2)C1. The summed E-state index contributed by atoms with van der Waals surface area (Å²) >= 11 is 0. The molecule has 7 heteroatoms. The van der Waals surface area contributed by atoms with Crippen molar-refractivity contribution in [2.24, 2.45) is 4.99 Å². The smallest absolute Gasteiger partial charge is 0.224 e. The molecular weight excluding hydrogens is 412 g/mol. The van der Waals surface area contributed by atoms with Gasteiger partial charge in [0.2, 0.25) is 5.91 Å². The summed E-state index contributed by atoms with van der Waals surface area (Å²) in [6.45, 7) is 8.00. The van der Waals surface area contributed by atoms with E-state index in [4.69, 9.17) is 0 Å². The first-order valence-electron chi connectivity index (χ1n) is 12.0. The molecule has 1 atom stereocenters. The van der Waals surface area contributed by atoms with Gasteiger partial charge in [-0.15, -0.1) is 0 Å². The van der Waals surface area contributed by atoms with E-state index in [-0.39, 0.29) is 5.91 Å². The number of carbonyl (C=O) groups is 1. The van der Waals surface area contributed by atoms with E-state index in [1.165, 1.54) is 16.9 Å². The van der Waals surface area contributed by atoms with Crippen LogP contribution in [0, 0.1) is 6.92 Å². The van der Waals surface area contributed by atoms with Crippen LogP contribution >= 0.6 is 0 Å². The highest BCUT2D eigenvalue weighted by atomic mass is 16.2. The molecule has 2 aromatic rings. The molecule has 176 valence electrons. The molecule has 33 heavy (non-hydrogen) atoms. The lowest BCUT2D eigenvalue weighted by molar-refractivity contribution is -0.131. The third-order valence-corrected chi connectivity index (χ3v) is 6.54. The van der Waals surface area contributed by atoms with Gasteiger partial charge in [-0.2, -0.15) is 0 Å². The lowest BCUT2D eigenvalue weighted by Gasteiger charge is -2.36. The number of benzene rings is 2. The Morgan fingerprint density at radius 1 is 0.939 bits per heavy atom. The molecule has 7 nitrogen and oxygen atoms in total. The molecule has 1 unspecified atom stereocenters. The standard InChI is InChI=1S/C26H36N6O/c1-21-8-10-24(11-9-21)32-15-13-22(20-32)29-26(27-2)28-14-12-25(33)31-18-16-30(17-19-31)23-6-4-3-5-7-23/h3-11,22H,12-20H2,1-2H3,(H2,27,28,29). The second-order valence-electron chi connectivity index (χ2n) is 8.86. The summed E-state index contributed by atoms with van der Waals surface area (Å²) < 4.78 is 0. The van der Waals surface area contributed by atoms with Gasteiger partial charge in [-0.3, -0.25) is 9.79 Å². The van der Waals surface area contributed by atoms with E-state index < -0.39 is 0 Å². The summed E-state index contributed by atoms with van der Waals surface area (Å²) in [5.41, 5.74) is 3.78. The molecule has 0 aromatic heterocycles. The first-order chi connectivity index (χ1) is 16.1. The second-order valence-corrected chi connectivity index (χ2v) is 8.86. The Labute approximate surface area is 197 Å². The number of anilines is 2. The van der Waals surface area contributed by atoms with Crippen LogP contribution in [0.1, 0.15) is 18.4 Å². The van der Waals surface area contributed by atoms with E-state index in [9.17, 15) is 4.79 Å². The molecule has 2 heterocycles. The van der Waals surface area contributed by atoms with Crippen LogP contribution in [0.5, 0.6) is 0 Å². The first kappa shape index (κ1) is 23.0. The zero-order chi connectivity index (χ0) is 23.0. The van der Waals surface area contributed by atoms with Crippen molar-refractivity contribution >= 4 is 23.2 Å². The summed E-state index contributed by atoms with van der Waals surface area (Å²) in [5.74, 6) is 0.976. The summed E-state index contributed by atoms with van der Waals surface area (Å²) in [6, 6.07) is 19.5. The first-order valence-corrected chi connectivity index (χ1v) is 12.0. The Hall–Kier alpha value is -3.22. The van der Waals surface area contributed by atoms with Crippen LogP contribution in [0.4, 0.5) is 11.4 Å². The number of piperazine rings is 1. The van der Waals surface area contributed by atoms with E-state index in [0.29, 0.717) is 19.0 Å². The zero-order valence-corrected chi connectivity index (χ0v) is 19.8. The summed E-state index contributed by atoms with van der Waals surface area (Å²) in [6.07, 6.45) is 1.55. The molecule has 2 aliphatic rings. The summed E-state index contributed by atoms with van der Waals surface area (Å²) in [7, 11) is 1.78. The Morgan fingerprint density at radius 2 is 1.64 bits per heavy atom. The van der Waals surface area contributed by atoms with E-state index in [1.807, 2.05) is 11.0 Å². The highest BCUT2D eigenvalue weighted by Crippen LogP contribution is 2.20. The fraction of sp³-hybridized carbons (Fsp3) is 0.462. The molecule has 0 radical (unpaired) electrons. The van der Waals surface area contributed by atoms with Gasteiger partial charge in [-0.1, -0.05) is 35.9 Å². The van der Waals surface area contributed by atoms with Gasteiger partial charge in [0, 0.05) is 76.7 Å². The van der Waals surface area contributed by atoms with Gasteiger partial charge in [0.25, 0.3) is 0 Å². The topological polar surface area (TPSA) is 63.2 Å². The molecule has 0 aliphatic carbocycles. The predicted molar refractivity (Wildman–Crippen MR) is 136 cm³/mol. The van der Waals surface area contributed by atoms with E-state index >= 15 is 0 Å². The maximum atomic E-state index is 12.7. The molecule has 0 bridgehead atoms. The lowest BCUT2D eigenvalue weighted by atomic mass is 10.2. The monoisotopic (exact) mass is 448 g/mol. The molecular formula is C26H36N6O. The molecule has 0 saturated carbocycles. The number of nitrogens with one attached hydrogen (secondary N) is 2. The Balaban J connectivity index is 1.16. The number of guanidine groups is 1. The third kappa shape index (κ3) is 6.18. The van der Waals surface area contributed by atoms with Crippen LogP contribution in [0.25, 0.3) is 0 Å². The van der Waals surface area contributed by atoms with Gasteiger partial charge in [-0.25, -0.2) is 0 Å². The normalized spacial score (nSPS) is 19.0. The number of aryl methyl sites for hydroxylation is 1. The Kier molecular flexibility index (Phi) is 7.70. The molecule has 2 saturated heterocycles. The van der Waals surface area contributed by atoms with Gasteiger partial charge < -0.3 is 25.3 Å². The van der Waals surface area contributed by atoms with Gasteiger partial charge >= 0.3 is 0 Å². The molecule has 2 aliphatic heterocycles. The minimum atomic E-state index is 0.206. The Bertz CT molecular complexity index is 922. The van der Waals surface area contributed by atoms with E-state index in [1.54, 1.807) is 7.05 Å². The van der Waals surface area contributed by atoms with Crippen molar-refractivity contribution in [2.75, 3.05) is 62.7 Å². The van der Waals surface area contributed by atoms with Crippen molar-refractivity contribution < 1.29 is 4.79 Å². The fourth-order valence-electron chi connectivity index (χ4n) is 4.55. The summed E-state index contributed by atoms with van der Waals surface area (Å²) in [5, 5.41) is 6.85. The molecule has 2 fully saturated rings. The number of aliphatic imine (C=N–C) groups is 1. The number of nitrogens with zero attached hydrogens (tertiary/aromatic N) is 4. The number of hydrogen-bond acceptors (Lipinski definition) is 4. The van der Waals surface area contributed by atoms with Crippen LogP contribution in [0.15, 0.2) is 59.6 Å². The Morgan fingerprint density at radius 3 is 2.33 bits per heavy atom. The summed E-state index contributed by atoms with van der Waals surface area (Å²) in [4.78, 5) is 23.8. The van der Waals surface area contributed by atoms with Crippen molar-refractivity contribution in [2.45, 2.75) is 25.8 Å². The number of hydrogen-bond donors (Lipinski definition) is 2. The number of rotatable bonds is 6. The highest BCUT2D eigenvalue weighted by Gasteiger charge is 2.24. The largest absolute Gasteiger partial charge is 0.369 e. The molecule has 1 amide bonds. The minimum absolute atomic E-state index is 0.206. The third-order valence-electron chi connectivity index (χ3n) is 6.54. The molecule has 4 rings (SSSR count). The molecule has 2 aromatic carbocycles. The van der Waals surface area contributed by atoms with Crippen molar-refractivity contribution in [3.8, 4) is 0 Å². The lowest BCUT2D eigenvalue weighted by Crippen LogP contribution is -2.50. The van der Waals surface area contributed by atoms with Crippen molar-refractivity contribution in [1.29, 1.82) is 0 Å². The van der Waals surface area contributed by atoms with E-state index in [2.05, 4.69) is 80.9 Å². The van der Waals surface area contributed by atoms with Gasteiger partial charge in [0.1, 0.15) is 0 Å². The minimum Gasteiger partial charge on any atom is -0.369 e. The van der Waals surface area contributed by atoms with Crippen LogP contribution in [-0.2, 0) is 4.79 Å². The molecule has 0 spiro atoms. The van der Waals surface area contributed by atoms with Gasteiger partial charge in [0.05, 0.1) is 0 Å². The van der Waals surface area contributed by atoms with Crippen LogP contribution in [-0.4, -0.2) is 75.7 Å². The van der Waals surface area contributed by atoms with Crippen LogP contribution in [0.3, 0.4) is 0 Å².